The third-order valence-corrected chi connectivity index (χ3v) is 2.33. The molecule has 0 aromatic rings. The second-order valence-electron chi connectivity index (χ2n) is 3.39. The van der Waals surface area contributed by atoms with E-state index in [1.807, 2.05) is 0 Å². The molecular weight excluding hydrogens is 124 g/mol. The van der Waals surface area contributed by atoms with Crippen LogP contribution in [0.4, 0.5) is 0 Å². The largest absolute Gasteiger partial charge is 0.393 e. The van der Waals surface area contributed by atoms with Crippen molar-refractivity contribution in [3.8, 4) is 0 Å². The predicted molar refractivity (Wildman–Crippen MR) is 42.6 cm³/mol. The first-order chi connectivity index (χ1) is 4.79. The third kappa shape index (κ3) is 2.70. The van der Waals surface area contributed by atoms with E-state index < -0.39 is 0 Å². The van der Waals surface area contributed by atoms with E-state index in [2.05, 4.69) is 6.92 Å². The van der Waals surface area contributed by atoms with Gasteiger partial charge in [0.2, 0.25) is 0 Å². The first kappa shape index (κ1) is 8.06. The van der Waals surface area contributed by atoms with Gasteiger partial charge in [0.15, 0.2) is 0 Å². The Morgan fingerprint density at radius 2 is 1.90 bits per heavy atom. The Balaban J connectivity index is 2.13. The van der Waals surface area contributed by atoms with E-state index in [-0.39, 0.29) is 6.10 Å². The minimum Gasteiger partial charge on any atom is -0.393 e. The summed E-state index contributed by atoms with van der Waals surface area (Å²) in [5.74, 6) is 0.765. The normalized spacial score (nSPS) is 24.6. The number of hydrogen-bond acceptors (Lipinski definition) is 1. The SMILES string of the molecule is [CH2][C@H](O)CC1CCCCC1. The smallest absolute Gasteiger partial charge is 0.0543 e. The second-order valence-corrected chi connectivity index (χ2v) is 3.39. The monoisotopic (exact) mass is 141 g/mol. The van der Waals surface area contributed by atoms with Crippen LogP contribution < -0.4 is 0 Å². The van der Waals surface area contributed by atoms with Crippen LogP contribution in [0.2, 0.25) is 0 Å². The Morgan fingerprint density at radius 3 is 2.40 bits per heavy atom. The van der Waals surface area contributed by atoms with Gasteiger partial charge in [-0.2, -0.15) is 0 Å². The number of aliphatic hydroxyl groups is 1. The highest BCUT2D eigenvalue weighted by Gasteiger charge is 2.14. The van der Waals surface area contributed by atoms with Crippen molar-refractivity contribution in [1.29, 1.82) is 0 Å². The quantitative estimate of drug-likeness (QED) is 0.624. The van der Waals surface area contributed by atoms with Crippen molar-refractivity contribution in [1.82, 2.24) is 0 Å². The lowest BCUT2D eigenvalue weighted by atomic mass is 9.86. The first-order valence-electron chi connectivity index (χ1n) is 4.30. The molecule has 1 atom stereocenters. The third-order valence-electron chi connectivity index (χ3n) is 2.33. The lowest BCUT2D eigenvalue weighted by molar-refractivity contribution is 0.168. The Hall–Kier alpha value is -0.0400. The average molecular weight is 141 g/mol. The van der Waals surface area contributed by atoms with Crippen molar-refractivity contribution in [2.24, 2.45) is 5.92 Å². The molecule has 1 heteroatoms. The number of hydrogen-bond donors (Lipinski definition) is 1. The van der Waals surface area contributed by atoms with Gasteiger partial charge in [-0.25, -0.2) is 0 Å². The molecule has 1 radical (unpaired) electrons. The molecule has 0 bridgehead atoms. The molecule has 1 rings (SSSR count). The Morgan fingerprint density at radius 1 is 1.30 bits per heavy atom. The van der Waals surface area contributed by atoms with Crippen LogP contribution in [0, 0.1) is 12.8 Å². The zero-order chi connectivity index (χ0) is 7.40. The summed E-state index contributed by atoms with van der Waals surface area (Å²) in [5, 5.41) is 8.99. The van der Waals surface area contributed by atoms with E-state index in [1.54, 1.807) is 0 Å². The maximum absolute atomic E-state index is 8.99. The summed E-state index contributed by atoms with van der Waals surface area (Å²) in [6.45, 7) is 3.59. The molecule has 1 aliphatic carbocycles. The van der Waals surface area contributed by atoms with E-state index in [1.165, 1.54) is 32.1 Å². The van der Waals surface area contributed by atoms with Crippen LogP contribution in [0.15, 0.2) is 0 Å². The summed E-state index contributed by atoms with van der Waals surface area (Å²) in [5.41, 5.74) is 0. The highest BCUT2D eigenvalue weighted by Crippen LogP contribution is 2.26. The second kappa shape index (κ2) is 3.97. The van der Waals surface area contributed by atoms with Gasteiger partial charge in [-0.3, -0.25) is 0 Å². The van der Waals surface area contributed by atoms with Crippen LogP contribution >= 0.6 is 0 Å². The summed E-state index contributed by atoms with van der Waals surface area (Å²) in [4.78, 5) is 0. The van der Waals surface area contributed by atoms with E-state index >= 15 is 0 Å². The fourth-order valence-electron chi connectivity index (χ4n) is 1.81. The van der Waals surface area contributed by atoms with Gasteiger partial charge in [0.1, 0.15) is 0 Å². The van der Waals surface area contributed by atoms with E-state index in [0.29, 0.717) is 0 Å². The predicted octanol–water partition coefficient (Wildman–Crippen LogP) is 2.15. The molecule has 0 amide bonds. The van der Waals surface area contributed by atoms with Crippen molar-refractivity contribution in [2.75, 3.05) is 0 Å². The number of aliphatic hydroxyl groups excluding tert-OH is 1. The van der Waals surface area contributed by atoms with Gasteiger partial charge < -0.3 is 5.11 Å². The fraction of sp³-hybridized carbons (Fsp3) is 0.889. The molecule has 0 spiro atoms. The topological polar surface area (TPSA) is 20.2 Å². The summed E-state index contributed by atoms with van der Waals surface area (Å²) in [7, 11) is 0. The maximum atomic E-state index is 8.99. The molecule has 0 saturated heterocycles. The summed E-state index contributed by atoms with van der Waals surface area (Å²) in [6.07, 6.45) is 7.32. The van der Waals surface area contributed by atoms with Gasteiger partial charge >= 0.3 is 0 Å². The molecule has 1 nitrogen and oxygen atoms in total. The van der Waals surface area contributed by atoms with E-state index in [9.17, 15) is 0 Å². The van der Waals surface area contributed by atoms with Gasteiger partial charge in [-0.05, 0) is 19.3 Å². The van der Waals surface area contributed by atoms with Crippen LogP contribution in [-0.4, -0.2) is 11.2 Å². The molecule has 59 valence electrons. The maximum Gasteiger partial charge on any atom is 0.0543 e. The molecule has 1 N–H and O–H groups in total. The molecule has 1 aliphatic rings. The highest BCUT2D eigenvalue weighted by atomic mass is 16.3. The van der Waals surface area contributed by atoms with Gasteiger partial charge in [0.05, 0.1) is 6.10 Å². The van der Waals surface area contributed by atoms with Gasteiger partial charge in [0.25, 0.3) is 0 Å². The molecule has 1 saturated carbocycles. The van der Waals surface area contributed by atoms with Gasteiger partial charge in [0, 0.05) is 0 Å². The number of rotatable bonds is 2. The molecular formula is C9H17O. The van der Waals surface area contributed by atoms with Crippen LogP contribution in [0.5, 0.6) is 0 Å². The van der Waals surface area contributed by atoms with Gasteiger partial charge in [-0.1, -0.05) is 32.1 Å². The molecule has 0 aromatic carbocycles. The molecule has 0 aliphatic heterocycles. The fourth-order valence-corrected chi connectivity index (χ4v) is 1.81. The minimum atomic E-state index is -0.330. The Bertz CT molecular complexity index is 82.7. The lowest BCUT2D eigenvalue weighted by Crippen LogP contribution is -2.13. The molecule has 0 unspecified atom stereocenters. The van der Waals surface area contributed by atoms with Crippen molar-refractivity contribution >= 4 is 0 Å². The van der Waals surface area contributed by atoms with Crippen molar-refractivity contribution in [3.63, 3.8) is 0 Å². The zero-order valence-corrected chi connectivity index (χ0v) is 6.55. The average Bonchev–Trinajstić information content (AvgIpc) is 1.88. The zero-order valence-electron chi connectivity index (χ0n) is 6.55. The van der Waals surface area contributed by atoms with Crippen LogP contribution in [0.3, 0.4) is 0 Å². The summed E-state index contributed by atoms with van der Waals surface area (Å²) < 4.78 is 0. The summed E-state index contributed by atoms with van der Waals surface area (Å²) in [6, 6.07) is 0. The van der Waals surface area contributed by atoms with E-state index in [0.717, 1.165) is 12.3 Å². The Labute approximate surface area is 63.4 Å². The highest BCUT2D eigenvalue weighted by molar-refractivity contribution is 4.70. The minimum absolute atomic E-state index is 0.330. The van der Waals surface area contributed by atoms with E-state index in [4.69, 9.17) is 5.11 Å². The molecule has 1 fully saturated rings. The first-order valence-corrected chi connectivity index (χ1v) is 4.30. The van der Waals surface area contributed by atoms with Crippen LogP contribution in [0.25, 0.3) is 0 Å². The van der Waals surface area contributed by atoms with Crippen molar-refractivity contribution < 1.29 is 5.11 Å². The lowest BCUT2D eigenvalue weighted by Gasteiger charge is -2.22. The Kier molecular flexibility index (Phi) is 3.20. The molecule has 10 heavy (non-hydrogen) atoms. The van der Waals surface area contributed by atoms with Crippen LogP contribution in [0.1, 0.15) is 38.5 Å². The summed E-state index contributed by atoms with van der Waals surface area (Å²) >= 11 is 0. The van der Waals surface area contributed by atoms with Crippen molar-refractivity contribution in [3.05, 3.63) is 6.92 Å². The molecule has 0 heterocycles. The van der Waals surface area contributed by atoms with Gasteiger partial charge in [-0.15, -0.1) is 0 Å². The van der Waals surface area contributed by atoms with Crippen molar-refractivity contribution in [2.45, 2.75) is 44.6 Å². The van der Waals surface area contributed by atoms with Crippen LogP contribution in [-0.2, 0) is 0 Å². The standard InChI is InChI=1S/C9H17O/c1-8(10)7-9-5-3-2-4-6-9/h8-10H,1-7H2/t8-/m0/s1. The molecule has 0 aromatic heterocycles.